The van der Waals surface area contributed by atoms with E-state index < -0.39 is 0 Å². The molecule has 4 aromatic rings. The average Bonchev–Trinajstić information content (AvgIpc) is 2.70. The van der Waals surface area contributed by atoms with E-state index in [0.29, 0.717) is 38.8 Å². The van der Waals surface area contributed by atoms with Crippen molar-refractivity contribution in [3.8, 4) is 11.8 Å². The van der Waals surface area contributed by atoms with Crippen LogP contribution in [-0.4, -0.2) is 14.5 Å². The smallest absolute Gasteiger partial charge is 0.267 e. The zero-order valence-electron chi connectivity index (χ0n) is 14.8. The predicted molar refractivity (Wildman–Crippen MR) is 109 cm³/mol. The summed E-state index contributed by atoms with van der Waals surface area (Å²) in [6.07, 6.45) is 3.29. The van der Waals surface area contributed by atoms with Crippen LogP contribution in [-0.2, 0) is 0 Å². The summed E-state index contributed by atoms with van der Waals surface area (Å²) in [5, 5.41) is 13.1. The molecular weight excluding hydrogens is 374 g/mol. The van der Waals surface area contributed by atoms with Crippen molar-refractivity contribution in [1.82, 2.24) is 14.5 Å². The van der Waals surface area contributed by atoms with Crippen LogP contribution in [0.25, 0.3) is 16.6 Å². The third-order valence-corrected chi connectivity index (χ3v) is 4.56. The van der Waals surface area contributed by atoms with Gasteiger partial charge in [0.25, 0.3) is 5.56 Å². The highest BCUT2D eigenvalue weighted by Gasteiger charge is 2.16. The summed E-state index contributed by atoms with van der Waals surface area (Å²) in [6, 6.07) is 15.9. The van der Waals surface area contributed by atoms with Crippen molar-refractivity contribution >= 4 is 34.1 Å². The Morgan fingerprint density at radius 2 is 2.04 bits per heavy atom. The van der Waals surface area contributed by atoms with Gasteiger partial charge in [-0.1, -0.05) is 17.7 Å². The quantitative estimate of drug-likeness (QED) is 0.564. The lowest BCUT2D eigenvalue weighted by molar-refractivity contribution is 0.972. The van der Waals surface area contributed by atoms with Crippen LogP contribution in [0.15, 0.2) is 65.7 Å². The third-order valence-electron chi connectivity index (χ3n) is 4.26. The van der Waals surface area contributed by atoms with Crippen LogP contribution in [0, 0.1) is 18.3 Å². The van der Waals surface area contributed by atoms with Gasteiger partial charge in [0.2, 0.25) is 5.95 Å². The lowest BCUT2D eigenvalue weighted by Crippen LogP contribution is -2.23. The Morgan fingerprint density at radius 1 is 1.18 bits per heavy atom. The number of nitriles is 1. The van der Waals surface area contributed by atoms with Gasteiger partial charge in [-0.05, 0) is 55.0 Å². The molecule has 2 heterocycles. The van der Waals surface area contributed by atoms with Crippen LogP contribution in [0.2, 0.25) is 5.02 Å². The highest BCUT2D eigenvalue weighted by molar-refractivity contribution is 6.32. The van der Waals surface area contributed by atoms with Gasteiger partial charge in [0.05, 0.1) is 45.1 Å². The Bertz CT molecular complexity index is 1290. The lowest BCUT2D eigenvalue weighted by Gasteiger charge is -2.16. The molecule has 4 rings (SSSR count). The van der Waals surface area contributed by atoms with Gasteiger partial charge < -0.3 is 5.32 Å². The number of fused-ring (bicyclic) bond motifs is 1. The van der Waals surface area contributed by atoms with Gasteiger partial charge in [0, 0.05) is 6.20 Å². The first-order valence-corrected chi connectivity index (χ1v) is 8.85. The predicted octanol–water partition coefficient (Wildman–Crippen LogP) is 4.36. The molecule has 0 spiro atoms. The summed E-state index contributed by atoms with van der Waals surface area (Å²) in [6.45, 7) is 1.92. The summed E-state index contributed by atoms with van der Waals surface area (Å²) in [7, 11) is 0. The Morgan fingerprint density at radius 3 is 2.75 bits per heavy atom. The second-order valence-corrected chi connectivity index (χ2v) is 6.65. The minimum absolute atomic E-state index is 0.306. The molecule has 2 aromatic heterocycles. The normalized spacial score (nSPS) is 10.6. The number of pyridine rings is 1. The zero-order valence-corrected chi connectivity index (χ0v) is 15.6. The van der Waals surface area contributed by atoms with Gasteiger partial charge in [-0.2, -0.15) is 5.26 Å². The molecule has 0 radical (unpaired) electrons. The molecule has 2 aromatic carbocycles. The van der Waals surface area contributed by atoms with Crippen LogP contribution < -0.4 is 10.9 Å². The zero-order chi connectivity index (χ0) is 19.7. The average molecular weight is 388 g/mol. The van der Waals surface area contributed by atoms with E-state index in [2.05, 4.69) is 21.4 Å². The Hall–Kier alpha value is -3.69. The molecule has 28 heavy (non-hydrogen) atoms. The molecule has 6 nitrogen and oxygen atoms in total. The molecule has 0 aliphatic heterocycles. The SMILES string of the molecule is Cc1ccc(-n2c(Nc3cccnc3)nc3ccc(C#N)cc3c2=O)c(Cl)c1. The van der Waals surface area contributed by atoms with E-state index in [1.54, 1.807) is 42.7 Å². The van der Waals surface area contributed by atoms with Crippen LogP contribution >= 0.6 is 11.6 Å². The van der Waals surface area contributed by atoms with Gasteiger partial charge in [0.15, 0.2) is 0 Å². The number of aryl methyl sites for hydroxylation is 1. The molecule has 136 valence electrons. The minimum atomic E-state index is -0.320. The number of nitrogens with one attached hydrogen (secondary N) is 1. The monoisotopic (exact) mass is 387 g/mol. The number of aromatic nitrogens is 3. The molecule has 7 heteroatoms. The van der Waals surface area contributed by atoms with Crippen molar-refractivity contribution in [3.05, 3.63) is 87.4 Å². The number of rotatable bonds is 3. The summed E-state index contributed by atoms with van der Waals surface area (Å²) >= 11 is 6.44. The lowest BCUT2D eigenvalue weighted by atomic mass is 10.1. The molecule has 0 aliphatic carbocycles. The Labute approximate surface area is 165 Å². The first-order valence-electron chi connectivity index (χ1n) is 8.47. The second-order valence-electron chi connectivity index (χ2n) is 6.24. The Kier molecular flexibility index (Phi) is 4.52. The van der Waals surface area contributed by atoms with Crippen molar-refractivity contribution in [2.45, 2.75) is 6.92 Å². The van der Waals surface area contributed by atoms with E-state index in [-0.39, 0.29) is 5.56 Å². The number of nitrogens with zero attached hydrogens (tertiary/aromatic N) is 4. The van der Waals surface area contributed by atoms with Crippen molar-refractivity contribution < 1.29 is 0 Å². The molecule has 0 fully saturated rings. The minimum Gasteiger partial charge on any atom is -0.324 e. The van der Waals surface area contributed by atoms with Crippen LogP contribution in [0.5, 0.6) is 0 Å². The molecule has 1 N–H and O–H groups in total. The first-order chi connectivity index (χ1) is 13.6. The maximum atomic E-state index is 13.3. The first kappa shape index (κ1) is 17.7. The summed E-state index contributed by atoms with van der Waals surface area (Å²) < 4.78 is 1.41. The maximum Gasteiger partial charge on any atom is 0.267 e. The number of hydrogen-bond acceptors (Lipinski definition) is 5. The van der Waals surface area contributed by atoms with E-state index in [1.807, 2.05) is 19.1 Å². The fraction of sp³-hybridized carbons (Fsp3) is 0.0476. The van der Waals surface area contributed by atoms with Crippen LogP contribution in [0.1, 0.15) is 11.1 Å². The second kappa shape index (κ2) is 7.14. The molecule has 0 saturated carbocycles. The van der Waals surface area contributed by atoms with Crippen molar-refractivity contribution in [2.24, 2.45) is 0 Å². The number of benzene rings is 2. The van der Waals surface area contributed by atoms with Crippen LogP contribution in [0.4, 0.5) is 11.6 Å². The topological polar surface area (TPSA) is 83.6 Å². The molecular formula is C21H14ClN5O. The van der Waals surface area contributed by atoms with Gasteiger partial charge in [-0.15, -0.1) is 0 Å². The molecule has 0 unspecified atom stereocenters. The van der Waals surface area contributed by atoms with Crippen LogP contribution in [0.3, 0.4) is 0 Å². The highest BCUT2D eigenvalue weighted by Crippen LogP contribution is 2.26. The molecule has 0 amide bonds. The molecule has 0 aliphatic rings. The number of hydrogen-bond donors (Lipinski definition) is 1. The Balaban J connectivity index is 2.03. The van der Waals surface area contributed by atoms with Gasteiger partial charge in [-0.3, -0.25) is 9.78 Å². The van der Waals surface area contributed by atoms with Gasteiger partial charge in [0.1, 0.15) is 0 Å². The summed E-state index contributed by atoms with van der Waals surface area (Å²) in [5.74, 6) is 0.306. The highest BCUT2D eigenvalue weighted by atomic mass is 35.5. The number of anilines is 2. The third kappa shape index (κ3) is 3.20. The molecule has 0 atom stereocenters. The summed E-state index contributed by atoms with van der Waals surface area (Å²) in [4.78, 5) is 22.0. The van der Waals surface area contributed by atoms with E-state index in [4.69, 9.17) is 11.6 Å². The van der Waals surface area contributed by atoms with E-state index in [9.17, 15) is 10.1 Å². The van der Waals surface area contributed by atoms with Crippen molar-refractivity contribution in [3.63, 3.8) is 0 Å². The van der Waals surface area contributed by atoms with Crippen molar-refractivity contribution in [1.29, 1.82) is 5.26 Å². The van der Waals surface area contributed by atoms with Gasteiger partial charge >= 0.3 is 0 Å². The van der Waals surface area contributed by atoms with E-state index in [0.717, 1.165) is 5.56 Å². The fourth-order valence-electron chi connectivity index (χ4n) is 2.92. The molecule has 0 bridgehead atoms. The largest absolute Gasteiger partial charge is 0.324 e. The number of halogens is 1. The van der Waals surface area contributed by atoms with E-state index >= 15 is 0 Å². The fourth-order valence-corrected chi connectivity index (χ4v) is 3.24. The maximum absolute atomic E-state index is 13.3. The van der Waals surface area contributed by atoms with Crippen molar-refractivity contribution in [2.75, 3.05) is 5.32 Å². The standard InChI is InChI=1S/C21H14ClN5O/c1-13-4-7-19(17(22)9-13)27-20(28)16-10-14(11-23)5-6-18(16)26-21(27)25-15-3-2-8-24-12-15/h2-10,12H,1H3,(H,25,26). The van der Waals surface area contributed by atoms with Gasteiger partial charge in [-0.25, -0.2) is 9.55 Å². The molecule has 0 saturated heterocycles. The summed E-state index contributed by atoms with van der Waals surface area (Å²) in [5.41, 5.74) is 2.71. The van der Waals surface area contributed by atoms with E-state index in [1.165, 1.54) is 10.6 Å².